The van der Waals surface area contributed by atoms with Gasteiger partial charge >= 0.3 is 0 Å². The van der Waals surface area contributed by atoms with Gasteiger partial charge in [-0.15, -0.1) is 0 Å². The fraction of sp³-hybridized carbons (Fsp3) is 0.133. The predicted octanol–water partition coefficient (Wildman–Crippen LogP) is 3.92. The third kappa shape index (κ3) is 2.39. The molecule has 3 nitrogen and oxygen atoms in total. The van der Waals surface area contributed by atoms with Crippen LogP contribution >= 0.6 is 11.5 Å². The van der Waals surface area contributed by atoms with Crippen LogP contribution in [-0.4, -0.2) is 11.5 Å². The van der Waals surface area contributed by atoms with Crippen LogP contribution in [0.5, 0.6) is 5.75 Å². The molecule has 1 N–H and O–H groups in total. The van der Waals surface area contributed by atoms with E-state index < -0.39 is 0 Å². The van der Waals surface area contributed by atoms with Crippen molar-refractivity contribution >= 4 is 27.4 Å². The van der Waals surface area contributed by atoms with Gasteiger partial charge in [-0.2, -0.15) is 4.37 Å². The van der Waals surface area contributed by atoms with E-state index in [1.165, 1.54) is 16.9 Å². The van der Waals surface area contributed by atoms with Crippen molar-refractivity contribution in [3.63, 3.8) is 0 Å². The summed E-state index contributed by atoms with van der Waals surface area (Å²) in [6.07, 6.45) is 0. The molecular formula is C15H14N2OS. The van der Waals surface area contributed by atoms with Gasteiger partial charge in [-0.25, -0.2) is 0 Å². The van der Waals surface area contributed by atoms with Gasteiger partial charge in [0, 0.05) is 17.5 Å². The molecule has 4 heteroatoms. The molecule has 0 saturated carbocycles. The molecule has 0 spiro atoms. The fourth-order valence-corrected chi connectivity index (χ4v) is 2.80. The van der Waals surface area contributed by atoms with Gasteiger partial charge in [0.05, 0.1) is 12.6 Å². The highest BCUT2D eigenvalue weighted by Gasteiger charge is 2.06. The second-order valence-corrected chi connectivity index (χ2v) is 4.97. The summed E-state index contributed by atoms with van der Waals surface area (Å²) in [6, 6.07) is 16.2. The molecule has 0 amide bonds. The lowest BCUT2D eigenvalue weighted by Gasteiger charge is -2.09. The average molecular weight is 270 g/mol. The van der Waals surface area contributed by atoms with Crippen LogP contribution < -0.4 is 10.1 Å². The summed E-state index contributed by atoms with van der Waals surface area (Å²) >= 11 is 1.49. The maximum Gasteiger partial charge on any atom is 0.123 e. The van der Waals surface area contributed by atoms with E-state index in [0.717, 1.165) is 28.4 Å². The first kappa shape index (κ1) is 12.0. The quantitative estimate of drug-likeness (QED) is 0.780. The van der Waals surface area contributed by atoms with Crippen LogP contribution in [0.3, 0.4) is 0 Å². The van der Waals surface area contributed by atoms with Crippen molar-refractivity contribution in [1.29, 1.82) is 0 Å². The van der Waals surface area contributed by atoms with E-state index in [1.54, 1.807) is 7.11 Å². The van der Waals surface area contributed by atoms with E-state index in [2.05, 4.69) is 21.8 Å². The third-order valence-corrected chi connectivity index (χ3v) is 3.85. The normalized spacial score (nSPS) is 10.6. The molecule has 96 valence electrons. The average Bonchev–Trinajstić information content (AvgIpc) is 2.89. The van der Waals surface area contributed by atoms with Gasteiger partial charge < -0.3 is 10.1 Å². The Morgan fingerprint density at radius 1 is 1.11 bits per heavy atom. The van der Waals surface area contributed by atoms with Gasteiger partial charge in [0.15, 0.2) is 0 Å². The second kappa shape index (κ2) is 5.28. The number of methoxy groups -OCH3 is 1. The summed E-state index contributed by atoms with van der Waals surface area (Å²) in [4.78, 5) is 0. The smallest absolute Gasteiger partial charge is 0.123 e. The fourth-order valence-electron chi connectivity index (χ4n) is 2.04. The zero-order valence-electron chi connectivity index (χ0n) is 10.6. The molecule has 0 aliphatic carbocycles. The Kier molecular flexibility index (Phi) is 3.33. The summed E-state index contributed by atoms with van der Waals surface area (Å²) in [7, 11) is 1.70. The number of aromatic nitrogens is 1. The zero-order valence-corrected chi connectivity index (χ0v) is 11.4. The topological polar surface area (TPSA) is 34.1 Å². The molecule has 0 radical (unpaired) electrons. The molecule has 0 saturated heterocycles. The Bertz CT molecular complexity index is 693. The minimum absolute atomic E-state index is 0.732. The van der Waals surface area contributed by atoms with E-state index in [1.807, 2.05) is 36.4 Å². The molecule has 1 aromatic heterocycles. The zero-order chi connectivity index (χ0) is 13.1. The highest BCUT2D eigenvalue weighted by Crippen LogP contribution is 2.28. The lowest BCUT2D eigenvalue weighted by molar-refractivity contribution is 0.410. The van der Waals surface area contributed by atoms with E-state index >= 15 is 0 Å². The van der Waals surface area contributed by atoms with Gasteiger partial charge in [-0.3, -0.25) is 0 Å². The number of anilines is 1. The molecule has 0 aliphatic heterocycles. The Morgan fingerprint density at radius 2 is 1.89 bits per heavy atom. The Labute approximate surface area is 116 Å². The van der Waals surface area contributed by atoms with Gasteiger partial charge in [0.25, 0.3) is 0 Å². The molecule has 0 bridgehead atoms. The molecule has 1 heterocycles. The van der Waals surface area contributed by atoms with Crippen LogP contribution in [0.1, 0.15) is 5.56 Å². The first-order valence-corrected chi connectivity index (χ1v) is 6.86. The van der Waals surface area contributed by atoms with Crippen LogP contribution in [0.15, 0.2) is 48.5 Å². The molecular weight excluding hydrogens is 256 g/mol. The van der Waals surface area contributed by atoms with Crippen molar-refractivity contribution < 1.29 is 4.74 Å². The number of para-hydroxylation sites is 1. The molecule has 3 rings (SSSR count). The van der Waals surface area contributed by atoms with Crippen molar-refractivity contribution in [2.75, 3.05) is 12.4 Å². The van der Waals surface area contributed by atoms with E-state index in [0.29, 0.717) is 0 Å². The monoisotopic (exact) mass is 270 g/mol. The van der Waals surface area contributed by atoms with Crippen molar-refractivity contribution in [3.8, 4) is 5.75 Å². The summed E-state index contributed by atoms with van der Waals surface area (Å²) in [5, 5.41) is 5.70. The van der Waals surface area contributed by atoms with Crippen molar-refractivity contribution in [1.82, 2.24) is 4.37 Å². The van der Waals surface area contributed by atoms with Gasteiger partial charge in [-0.1, -0.05) is 30.3 Å². The highest BCUT2D eigenvalue weighted by atomic mass is 32.1. The summed E-state index contributed by atoms with van der Waals surface area (Å²) in [5.41, 5.74) is 2.18. The number of rotatable bonds is 4. The molecule has 0 aliphatic rings. The molecule has 0 fully saturated rings. The maximum atomic E-state index is 5.35. The Hall–Kier alpha value is -2.07. The van der Waals surface area contributed by atoms with E-state index in [9.17, 15) is 0 Å². The SMILES string of the molecule is COc1ccccc1CNc1snc2ccccc12. The third-order valence-electron chi connectivity index (χ3n) is 3.02. The van der Waals surface area contributed by atoms with E-state index in [4.69, 9.17) is 4.74 Å². The van der Waals surface area contributed by atoms with Crippen molar-refractivity contribution in [2.24, 2.45) is 0 Å². The van der Waals surface area contributed by atoms with Crippen LogP contribution in [0.4, 0.5) is 5.00 Å². The summed E-state index contributed by atoms with van der Waals surface area (Å²) < 4.78 is 9.77. The molecule has 0 atom stereocenters. The number of benzene rings is 2. The van der Waals surface area contributed by atoms with Gasteiger partial charge in [-0.05, 0) is 29.7 Å². The molecule has 19 heavy (non-hydrogen) atoms. The van der Waals surface area contributed by atoms with E-state index in [-0.39, 0.29) is 0 Å². The van der Waals surface area contributed by atoms with Gasteiger partial charge in [0.2, 0.25) is 0 Å². The standard InChI is InChI=1S/C15H14N2OS/c1-18-14-9-5-2-6-11(14)10-16-15-12-7-3-4-8-13(12)17-19-15/h2-9,16H,10H2,1H3. The van der Waals surface area contributed by atoms with Gasteiger partial charge in [0.1, 0.15) is 10.8 Å². The predicted molar refractivity (Wildman–Crippen MR) is 79.9 cm³/mol. The van der Waals surface area contributed by atoms with Crippen molar-refractivity contribution in [2.45, 2.75) is 6.54 Å². The molecule has 2 aromatic carbocycles. The lowest BCUT2D eigenvalue weighted by atomic mass is 10.2. The minimum atomic E-state index is 0.732. The number of ether oxygens (including phenoxy) is 1. The Morgan fingerprint density at radius 3 is 2.79 bits per heavy atom. The lowest BCUT2D eigenvalue weighted by Crippen LogP contribution is -2.00. The number of hydrogen-bond acceptors (Lipinski definition) is 4. The number of fused-ring (bicyclic) bond motifs is 1. The second-order valence-electron chi connectivity index (χ2n) is 4.19. The summed E-state index contributed by atoms with van der Waals surface area (Å²) in [6.45, 7) is 0.732. The molecule has 3 aromatic rings. The maximum absolute atomic E-state index is 5.35. The van der Waals surface area contributed by atoms with Crippen LogP contribution in [0, 0.1) is 0 Å². The van der Waals surface area contributed by atoms with Crippen LogP contribution in [0.2, 0.25) is 0 Å². The van der Waals surface area contributed by atoms with Crippen LogP contribution in [0.25, 0.3) is 10.9 Å². The van der Waals surface area contributed by atoms with Crippen molar-refractivity contribution in [3.05, 3.63) is 54.1 Å². The largest absolute Gasteiger partial charge is 0.496 e. The molecule has 0 unspecified atom stereocenters. The minimum Gasteiger partial charge on any atom is -0.496 e. The first-order valence-electron chi connectivity index (χ1n) is 6.08. The highest BCUT2D eigenvalue weighted by molar-refractivity contribution is 7.11. The Balaban J connectivity index is 1.82. The number of nitrogens with zero attached hydrogens (tertiary/aromatic N) is 1. The summed E-state index contributed by atoms with van der Waals surface area (Å²) in [5.74, 6) is 0.906. The number of nitrogens with one attached hydrogen (secondary N) is 1. The number of hydrogen-bond donors (Lipinski definition) is 1. The van der Waals surface area contributed by atoms with Crippen LogP contribution in [-0.2, 0) is 6.54 Å². The first-order chi connectivity index (χ1) is 9.38.